The lowest BCUT2D eigenvalue weighted by Crippen LogP contribution is -2.16. The first-order valence-electron chi connectivity index (χ1n) is 4.84. The molecule has 84 valence electrons. The van der Waals surface area contributed by atoms with Crippen LogP contribution < -0.4 is 0 Å². The predicted octanol–water partition coefficient (Wildman–Crippen LogP) is 2.53. The molecule has 0 saturated carbocycles. The number of carbonyl (C=O) groups excluding carboxylic acids is 1. The van der Waals surface area contributed by atoms with E-state index in [0.717, 1.165) is 15.5 Å². The molecule has 16 heavy (non-hydrogen) atoms. The summed E-state index contributed by atoms with van der Waals surface area (Å²) >= 11 is 3.42. The third-order valence-corrected chi connectivity index (χ3v) is 3.08. The van der Waals surface area contributed by atoms with Gasteiger partial charge in [0.15, 0.2) is 0 Å². The highest BCUT2D eigenvalue weighted by Crippen LogP contribution is 2.27. The molecule has 0 aliphatic rings. The van der Waals surface area contributed by atoms with Crippen LogP contribution in [-0.4, -0.2) is 22.6 Å². The Balaban J connectivity index is 2.57. The maximum atomic E-state index is 11.5. The number of hydrogen-bond donors (Lipinski definition) is 0. The van der Waals surface area contributed by atoms with Crippen molar-refractivity contribution in [3.63, 3.8) is 0 Å². The quantitative estimate of drug-likeness (QED) is 0.795. The average molecular weight is 283 g/mol. The van der Waals surface area contributed by atoms with Crippen LogP contribution in [0.4, 0.5) is 0 Å². The number of methoxy groups -OCH3 is 1. The second-order valence-electron chi connectivity index (χ2n) is 3.45. The summed E-state index contributed by atoms with van der Waals surface area (Å²) in [4.78, 5) is 15.7. The minimum Gasteiger partial charge on any atom is -0.467 e. The zero-order valence-electron chi connectivity index (χ0n) is 8.98. The van der Waals surface area contributed by atoms with Crippen LogP contribution in [0.15, 0.2) is 29.0 Å². The summed E-state index contributed by atoms with van der Waals surface area (Å²) in [5, 5.41) is 0. The Labute approximate surface area is 101 Å². The van der Waals surface area contributed by atoms with Crippen LogP contribution in [0.5, 0.6) is 0 Å². The molecule has 0 bridgehead atoms. The first kappa shape index (κ1) is 11.1. The number of esters is 1. The highest BCUT2D eigenvalue weighted by Gasteiger charge is 2.18. The lowest BCUT2D eigenvalue weighted by Gasteiger charge is -2.12. The SMILES string of the molecule is COC(=O)C(C)n1cc(Br)c2ncccc21. The zero-order chi connectivity index (χ0) is 11.7. The molecule has 4 nitrogen and oxygen atoms in total. The minimum atomic E-state index is -0.358. The number of ether oxygens (including phenoxy) is 1. The third kappa shape index (κ3) is 1.71. The first-order chi connectivity index (χ1) is 7.65. The van der Waals surface area contributed by atoms with E-state index in [1.807, 2.05) is 22.9 Å². The van der Waals surface area contributed by atoms with Gasteiger partial charge in [-0.25, -0.2) is 4.79 Å². The van der Waals surface area contributed by atoms with Crippen molar-refractivity contribution < 1.29 is 9.53 Å². The molecular formula is C11H11BrN2O2. The molecule has 0 spiro atoms. The van der Waals surface area contributed by atoms with Crippen molar-refractivity contribution >= 4 is 32.9 Å². The van der Waals surface area contributed by atoms with Crippen LogP contribution in [0.2, 0.25) is 0 Å². The normalized spacial score (nSPS) is 12.7. The van der Waals surface area contributed by atoms with Gasteiger partial charge in [-0.2, -0.15) is 0 Å². The van der Waals surface area contributed by atoms with Gasteiger partial charge in [0.05, 0.1) is 17.1 Å². The second-order valence-corrected chi connectivity index (χ2v) is 4.31. The van der Waals surface area contributed by atoms with E-state index in [9.17, 15) is 4.79 Å². The lowest BCUT2D eigenvalue weighted by atomic mass is 10.3. The number of pyridine rings is 1. The molecule has 0 saturated heterocycles. The van der Waals surface area contributed by atoms with Crippen molar-refractivity contribution in [1.29, 1.82) is 0 Å². The van der Waals surface area contributed by atoms with Crippen LogP contribution in [0.25, 0.3) is 11.0 Å². The van der Waals surface area contributed by atoms with E-state index >= 15 is 0 Å². The van der Waals surface area contributed by atoms with Crippen molar-refractivity contribution in [3.8, 4) is 0 Å². The molecule has 0 N–H and O–H groups in total. The van der Waals surface area contributed by atoms with Gasteiger partial charge in [0.1, 0.15) is 11.6 Å². The molecular weight excluding hydrogens is 272 g/mol. The third-order valence-electron chi connectivity index (χ3n) is 2.50. The van der Waals surface area contributed by atoms with Crippen molar-refractivity contribution in [1.82, 2.24) is 9.55 Å². The summed E-state index contributed by atoms with van der Waals surface area (Å²) in [5.41, 5.74) is 1.76. The summed E-state index contributed by atoms with van der Waals surface area (Å²) in [7, 11) is 1.39. The Morgan fingerprint density at radius 2 is 2.38 bits per heavy atom. The van der Waals surface area contributed by atoms with Gasteiger partial charge in [-0.1, -0.05) is 0 Å². The molecule has 2 aromatic rings. The van der Waals surface area contributed by atoms with E-state index in [4.69, 9.17) is 4.74 Å². The molecule has 2 heterocycles. The van der Waals surface area contributed by atoms with Crippen molar-refractivity contribution in [2.24, 2.45) is 0 Å². The van der Waals surface area contributed by atoms with Crippen LogP contribution in [-0.2, 0) is 9.53 Å². The smallest absolute Gasteiger partial charge is 0.328 e. The molecule has 0 radical (unpaired) electrons. The molecule has 2 aromatic heterocycles. The van der Waals surface area contributed by atoms with Gasteiger partial charge in [-0.15, -0.1) is 0 Å². The van der Waals surface area contributed by atoms with Crippen LogP contribution >= 0.6 is 15.9 Å². The van der Waals surface area contributed by atoms with Crippen LogP contribution in [0.1, 0.15) is 13.0 Å². The summed E-state index contributed by atoms with van der Waals surface area (Å²) in [6, 6.07) is 3.41. The van der Waals surface area contributed by atoms with E-state index in [-0.39, 0.29) is 12.0 Å². The molecule has 0 amide bonds. The van der Waals surface area contributed by atoms with Gasteiger partial charge in [0, 0.05) is 12.4 Å². The second kappa shape index (κ2) is 4.25. The highest BCUT2D eigenvalue weighted by molar-refractivity contribution is 9.10. The minimum absolute atomic E-state index is 0.270. The van der Waals surface area contributed by atoms with Crippen molar-refractivity contribution in [2.45, 2.75) is 13.0 Å². The van der Waals surface area contributed by atoms with Gasteiger partial charge in [-0.05, 0) is 35.0 Å². The van der Waals surface area contributed by atoms with Crippen LogP contribution in [0, 0.1) is 0 Å². The summed E-state index contributed by atoms with van der Waals surface area (Å²) in [6.07, 6.45) is 3.57. The highest BCUT2D eigenvalue weighted by atomic mass is 79.9. The van der Waals surface area contributed by atoms with Crippen LogP contribution in [0.3, 0.4) is 0 Å². The Kier molecular flexibility index (Phi) is 2.96. The molecule has 0 aliphatic heterocycles. The summed E-state index contributed by atoms with van der Waals surface area (Å²) < 4.78 is 7.45. The number of rotatable bonds is 2. The molecule has 0 fully saturated rings. The number of nitrogens with zero attached hydrogens (tertiary/aromatic N) is 2. The molecule has 0 aromatic carbocycles. The maximum absolute atomic E-state index is 11.5. The van der Waals surface area contributed by atoms with E-state index in [0.29, 0.717) is 0 Å². The summed E-state index contributed by atoms with van der Waals surface area (Å²) in [5.74, 6) is -0.270. The fraction of sp³-hybridized carbons (Fsp3) is 0.273. The largest absolute Gasteiger partial charge is 0.467 e. The van der Waals surface area contributed by atoms with Gasteiger partial charge >= 0.3 is 5.97 Å². The fourth-order valence-electron chi connectivity index (χ4n) is 1.65. The fourth-order valence-corrected chi connectivity index (χ4v) is 2.17. The Morgan fingerprint density at radius 1 is 1.62 bits per heavy atom. The predicted molar refractivity (Wildman–Crippen MR) is 64.2 cm³/mol. The first-order valence-corrected chi connectivity index (χ1v) is 5.63. The van der Waals surface area contributed by atoms with Gasteiger partial charge < -0.3 is 9.30 Å². The van der Waals surface area contributed by atoms with E-state index in [1.165, 1.54) is 7.11 Å². The molecule has 2 rings (SSSR count). The van der Waals surface area contributed by atoms with Gasteiger partial charge in [-0.3, -0.25) is 4.98 Å². The number of halogens is 1. The Bertz CT molecular complexity index is 536. The number of carbonyl (C=O) groups is 1. The summed E-state index contributed by atoms with van der Waals surface area (Å²) in [6.45, 7) is 1.80. The van der Waals surface area contributed by atoms with Crippen molar-refractivity contribution in [3.05, 3.63) is 29.0 Å². The van der Waals surface area contributed by atoms with E-state index in [2.05, 4.69) is 20.9 Å². The molecule has 0 aliphatic carbocycles. The topological polar surface area (TPSA) is 44.1 Å². The Hall–Kier alpha value is -1.36. The van der Waals surface area contributed by atoms with E-state index in [1.54, 1.807) is 13.1 Å². The molecule has 1 unspecified atom stereocenters. The van der Waals surface area contributed by atoms with E-state index < -0.39 is 0 Å². The number of aromatic nitrogens is 2. The monoisotopic (exact) mass is 282 g/mol. The average Bonchev–Trinajstić information content (AvgIpc) is 2.65. The molecule has 1 atom stereocenters. The maximum Gasteiger partial charge on any atom is 0.328 e. The zero-order valence-corrected chi connectivity index (χ0v) is 10.6. The lowest BCUT2D eigenvalue weighted by molar-refractivity contribution is -0.143. The number of hydrogen-bond acceptors (Lipinski definition) is 3. The Morgan fingerprint density at radius 3 is 3.06 bits per heavy atom. The number of fused-ring (bicyclic) bond motifs is 1. The molecule has 5 heteroatoms. The van der Waals surface area contributed by atoms with Crippen molar-refractivity contribution in [2.75, 3.05) is 7.11 Å². The van der Waals surface area contributed by atoms with Gasteiger partial charge in [0.25, 0.3) is 0 Å². The standard InChI is InChI=1S/C11H11BrN2O2/c1-7(11(15)16-2)14-6-8(12)10-9(14)4-3-5-13-10/h3-7H,1-2H3. The van der Waals surface area contributed by atoms with Gasteiger partial charge in [0.2, 0.25) is 0 Å².